The Morgan fingerprint density at radius 3 is 2.86 bits per heavy atom. The van der Waals surface area contributed by atoms with Crippen LogP contribution in [0.15, 0.2) is 0 Å². The molecular weight excluding hydrogens is 210 g/mol. The molecule has 3 heteroatoms. The molecule has 1 nitrogen and oxygen atoms in total. The standard InChI is InChI=1S/C11H21NS2/c1-8-6-9(7-14-8)12-10-4-3-5-11(10)13-2/h8-12H,3-7H2,1-2H3. The minimum absolute atomic E-state index is 0.799. The topological polar surface area (TPSA) is 12.0 Å². The lowest BCUT2D eigenvalue weighted by atomic mass is 10.1. The first kappa shape index (κ1) is 11.2. The number of thioether (sulfide) groups is 2. The summed E-state index contributed by atoms with van der Waals surface area (Å²) in [6, 6.07) is 1.61. The van der Waals surface area contributed by atoms with Gasteiger partial charge in [-0.05, 0) is 25.5 Å². The van der Waals surface area contributed by atoms with E-state index in [0.717, 1.165) is 22.6 Å². The zero-order valence-corrected chi connectivity index (χ0v) is 10.8. The number of rotatable bonds is 3. The van der Waals surface area contributed by atoms with Gasteiger partial charge in [-0.2, -0.15) is 23.5 Å². The third kappa shape index (κ3) is 2.61. The average molecular weight is 231 g/mol. The Bertz CT molecular complexity index is 186. The minimum Gasteiger partial charge on any atom is -0.309 e. The van der Waals surface area contributed by atoms with Crippen LogP contribution in [0.2, 0.25) is 0 Å². The summed E-state index contributed by atoms with van der Waals surface area (Å²) >= 11 is 4.18. The van der Waals surface area contributed by atoms with Crippen molar-refractivity contribution < 1.29 is 0 Å². The Kier molecular flexibility index (Phi) is 4.09. The second kappa shape index (κ2) is 5.13. The van der Waals surface area contributed by atoms with Gasteiger partial charge in [-0.3, -0.25) is 0 Å². The zero-order valence-electron chi connectivity index (χ0n) is 9.16. The van der Waals surface area contributed by atoms with Crippen LogP contribution in [0.25, 0.3) is 0 Å². The number of hydrogen-bond acceptors (Lipinski definition) is 3. The van der Waals surface area contributed by atoms with Crippen molar-refractivity contribution in [2.75, 3.05) is 12.0 Å². The van der Waals surface area contributed by atoms with Crippen LogP contribution in [0.3, 0.4) is 0 Å². The molecule has 4 atom stereocenters. The van der Waals surface area contributed by atoms with Gasteiger partial charge >= 0.3 is 0 Å². The predicted octanol–water partition coefficient (Wildman–Crippen LogP) is 2.75. The van der Waals surface area contributed by atoms with Gasteiger partial charge in [-0.25, -0.2) is 0 Å². The fraction of sp³-hybridized carbons (Fsp3) is 1.00. The first-order valence-corrected chi connectivity index (χ1v) is 8.03. The van der Waals surface area contributed by atoms with Crippen LogP contribution >= 0.6 is 23.5 Å². The lowest BCUT2D eigenvalue weighted by molar-refractivity contribution is 0.452. The molecule has 1 N–H and O–H groups in total. The van der Waals surface area contributed by atoms with Gasteiger partial charge in [-0.15, -0.1) is 0 Å². The molecule has 2 fully saturated rings. The van der Waals surface area contributed by atoms with E-state index >= 15 is 0 Å². The number of nitrogens with one attached hydrogen (secondary N) is 1. The summed E-state index contributed by atoms with van der Waals surface area (Å²) in [7, 11) is 0. The van der Waals surface area contributed by atoms with Crippen LogP contribution in [-0.2, 0) is 0 Å². The van der Waals surface area contributed by atoms with E-state index in [1.54, 1.807) is 0 Å². The van der Waals surface area contributed by atoms with E-state index in [4.69, 9.17) is 0 Å². The second-order valence-electron chi connectivity index (χ2n) is 4.55. The smallest absolute Gasteiger partial charge is 0.0198 e. The average Bonchev–Trinajstić information content (AvgIpc) is 2.76. The van der Waals surface area contributed by atoms with Crippen LogP contribution in [-0.4, -0.2) is 34.6 Å². The van der Waals surface area contributed by atoms with Gasteiger partial charge in [0.05, 0.1) is 0 Å². The molecule has 0 spiro atoms. The molecule has 0 aromatic rings. The summed E-state index contributed by atoms with van der Waals surface area (Å²) in [6.07, 6.45) is 7.90. The van der Waals surface area contributed by atoms with Crippen molar-refractivity contribution in [2.24, 2.45) is 0 Å². The van der Waals surface area contributed by atoms with Crippen LogP contribution < -0.4 is 5.32 Å². The summed E-state index contributed by atoms with van der Waals surface area (Å²) in [5.41, 5.74) is 0. The highest BCUT2D eigenvalue weighted by Gasteiger charge is 2.30. The van der Waals surface area contributed by atoms with E-state index in [0.29, 0.717) is 0 Å². The normalized spacial score (nSPS) is 43.3. The molecule has 1 aliphatic heterocycles. The maximum absolute atomic E-state index is 3.87. The van der Waals surface area contributed by atoms with E-state index in [1.807, 2.05) is 0 Å². The molecular formula is C11H21NS2. The van der Waals surface area contributed by atoms with E-state index in [2.05, 4.69) is 42.0 Å². The predicted molar refractivity (Wildman–Crippen MR) is 68.4 cm³/mol. The molecule has 2 rings (SSSR count). The third-order valence-electron chi connectivity index (χ3n) is 3.40. The van der Waals surface area contributed by atoms with Crippen molar-refractivity contribution >= 4 is 23.5 Å². The summed E-state index contributed by atoms with van der Waals surface area (Å²) in [5, 5.41) is 5.63. The molecule has 2 aliphatic rings. The van der Waals surface area contributed by atoms with Gasteiger partial charge in [0.2, 0.25) is 0 Å². The number of hydrogen-bond donors (Lipinski definition) is 1. The first-order chi connectivity index (χ1) is 6.79. The molecule has 82 valence electrons. The Morgan fingerprint density at radius 2 is 2.21 bits per heavy atom. The molecule has 1 saturated heterocycles. The van der Waals surface area contributed by atoms with Gasteiger partial charge in [0.1, 0.15) is 0 Å². The van der Waals surface area contributed by atoms with E-state index in [1.165, 1.54) is 31.4 Å². The zero-order chi connectivity index (χ0) is 9.97. The van der Waals surface area contributed by atoms with Gasteiger partial charge in [-0.1, -0.05) is 13.3 Å². The lowest BCUT2D eigenvalue weighted by Gasteiger charge is -2.23. The first-order valence-electron chi connectivity index (χ1n) is 5.70. The van der Waals surface area contributed by atoms with Crippen LogP contribution in [0, 0.1) is 0 Å². The van der Waals surface area contributed by atoms with Gasteiger partial charge in [0, 0.05) is 28.3 Å². The van der Waals surface area contributed by atoms with Crippen molar-refractivity contribution in [3.63, 3.8) is 0 Å². The van der Waals surface area contributed by atoms with Crippen LogP contribution in [0.1, 0.15) is 32.6 Å². The highest BCUT2D eigenvalue weighted by atomic mass is 32.2. The molecule has 1 saturated carbocycles. The summed E-state index contributed by atoms with van der Waals surface area (Å²) < 4.78 is 0. The molecule has 0 radical (unpaired) electrons. The Labute approximate surface area is 96.2 Å². The molecule has 0 bridgehead atoms. The largest absolute Gasteiger partial charge is 0.309 e. The quantitative estimate of drug-likeness (QED) is 0.802. The molecule has 0 aromatic heterocycles. The minimum atomic E-state index is 0.799. The Balaban J connectivity index is 1.79. The van der Waals surface area contributed by atoms with Crippen molar-refractivity contribution in [3.8, 4) is 0 Å². The van der Waals surface area contributed by atoms with Crippen molar-refractivity contribution in [1.29, 1.82) is 0 Å². The van der Waals surface area contributed by atoms with Crippen molar-refractivity contribution in [2.45, 2.75) is 55.2 Å². The molecule has 1 aliphatic carbocycles. The molecule has 0 amide bonds. The van der Waals surface area contributed by atoms with Crippen LogP contribution in [0.4, 0.5) is 0 Å². The maximum Gasteiger partial charge on any atom is 0.0198 e. The van der Waals surface area contributed by atoms with Gasteiger partial charge in [0.25, 0.3) is 0 Å². The lowest BCUT2D eigenvalue weighted by Crippen LogP contribution is -2.41. The second-order valence-corrected chi connectivity index (χ2v) is 7.10. The van der Waals surface area contributed by atoms with E-state index in [-0.39, 0.29) is 0 Å². The monoisotopic (exact) mass is 231 g/mol. The van der Waals surface area contributed by atoms with Crippen molar-refractivity contribution in [3.05, 3.63) is 0 Å². The summed E-state index contributed by atoms with van der Waals surface area (Å²) in [5.74, 6) is 1.33. The van der Waals surface area contributed by atoms with Gasteiger partial charge < -0.3 is 5.32 Å². The highest BCUT2D eigenvalue weighted by molar-refractivity contribution is 8.00. The molecule has 0 aromatic carbocycles. The van der Waals surface area contributed by atoms with Gasteiger partial charge in [0.15, 0.2) is 0 Å². The van der Waals surface area contributed by atoms with E-state index < -0.39 is 0 Å². The van der Waals surface area contributed by atoms with Crippen LogP contribution in [0.5, 0.6) is 0 Å². The van der Waals surface area contributed by atoms with E-state index in [9.17, 15) is 0 Å². The Morgan fingerprint density at radius 1 is 1.36 bits per heavy atom. The summed E-state index contributed by atoms with van der Waals surface area (Å²) in [6.45, 7) is 2.35. The molecule has 14 heavy (non-hydrogen) atoms. The maximum atomic E-state index is 3.87. The fourth-order valence-corrected chi connectivity index (χ4v) is 4.74. The summed E-state index contributed by atoms with van der Waals surface area (Å²) in [4.78, 5) is 0. The fourth-order valence-electron chi connectivity index (χ4n) is 2.63. The highest BCUT2D eigenvalue weighted by Crippen LogP contribution is 2.31. The Hall–Kier alpha value is 0.660. The molecule has 4 unspecified atom stereocenters. The molecule has 1 heterocycles. The third-order valence-corrected chi connectivity index (χ3v) is 5.93. The van der Waals surface area contributed by atoms with Crippen molar-refractivity contribution in [1.82, 2.24) is 5.32 Å². The SMILES string of the molecule is CSC1CCCC1NC1CSC(C)C1.